The summed E-state index contributed by atoms with van der Waals surface area (Å²) in [5.74, 6) is -1.09. The zero-order valence-corrected chi connectivity index (χ0v) is 27.5. The highest BCUT2D eigenvalue weighted by atomic mass is 19.1. The highest BCUT2D eigenvalue weighted by molar-refractivity contribution is 5.96. The van der Waals surface area contributed by atoms with E-state index >= 15 is 0 Å². The van der Waals surface area contributed by atoms with Crippen LogP contribution >= 0.6 is 0 Å². The zero-order valence-electron chi connectivity index (χ0n) is 27.5. The predicted octanol–water partition coefficient (Wildman–Crippen LogP) is 5.49. The topological polar surface area (TPSA) is 97.1 Å². The minimum atomic E-state index is -0.540. The predicted molar refractivity (Wildman–Crippen MR) is 172 cm³/mol. The van der Waals surface area contributed by atoms with Gasteiger partial charge in [-0.2, -0.15) is 0 Å². The van der Waals surface area contributed by atoms with Gasteiger partial charge in [0.25, 0.3) is 5.91 Å². The van der Waals surface area contributed by atoms with Crippen LogP contribution < -0.4 is 20.5 Å². The molecule has 2 heterocycles. The highest BCUT2D eigenvalue weighted by Crippen LogP contribution is 2.35. The lowest BCUT2D eigenvalue weighted by Crippen LogP contribution is -2.48. The molecular formula is C35H50F2N4O4. The van der Waals surface area contributed by atoms with Crippen LogP contribution in [0.3, 0.4) is 0 Å². The van der Waals surface area contributed by atoms with Crippen molar-refractivity contribution in [3.05, 3.63) is 58.2 Å². The van der Waals surface area contributed by atoms with Crippen molar-refractivity contribution in [1.29, 1.82) is 0 Å². The molecule has 2 aromatic rings. The van der Waals surface area contributed by atoms with Crippen LogP contribution in [0.4, 0.5) is 8.78 Å². The monoisotopic (exact) mass is 628 g/mol. The number of ether oxygens (including phenoxy) is 2. The molecule has 2 aromatic carbocycles. The van der Waals surface area contributed by atoms with Gasteiger partial charge in [0.15, 0.2) is 23.1 Å². The molecule has 2 atom stereocenters. The molecule has 3 N–H and O–H groups in total. The van der Waals surface area contributed by atoms with E-state index in [0.717, 1.165) is 25.9 Å². The molecule has 2 amide bonds. The smallest absolute Gasteiger partial charge is 0.251 e. The molecule has 3 aliphatic rings. The minimum absolute atomic E-state index is 0.136. The van der Waals surface area contributed by atoms with Gasteiger partial charge in [-0.15, -0.1) is 0 Å². The lowest BCUT2D eigenvalue weighted by Gasteiger charge is -2.39. The molecule has 10 heteroatoms. The molecule has 0 saturated heterocycles. The van der Waals surface area contributed by atoms with E-state index in [4.69, 9.17) is 15.2 Å². The SMILES string of the molecule is CCCN(C(C)C)[C@H]1COc2c(F)ccc(C(N)=O)c2C1.CCCN(C1CCCC1)[C@H]1COc2c(F)ccc(C(=O)NC)c2C1. The first kappa shape index (κ1) is 34.6. The Labute approximate surface area is 266 Å². The zero-order chi connectivity index (χ0) is 32.7. The van der Waals surface area contributed by atoms with Gasteiger partial charge in [-0.1, -0.05) is 26.7 Å². The van der Waals surface area contributed by atoms with Crippen LogP contribution in [-0.4, -0.2) is 79.1 Å². The number of carbonyl (C=O) groups is 2. The van der Waals surface area contributed by atoms with Crippen molar-refractivity contribution in [3.8, 4) is 11.5 Å². The fourth-order valence-electron chi connectivity index (χ4n) is 7.15. The average Bonchev–Trinajstić information content (AvgIpc) is 3.57. The number of nitrogens with zero attached hydrogens (tertiary/aromatic N) is 2. The Kier molecular flexibility index (Phi) is 12.2. The second-order valence-electron chi connectivity index (χ2n) is 12.6. The maximum Gasteiger partial charge on any atom is 0.251 e. The standard InChI is InChI=1S/C19H27FN2O2.C16H23FN2O2/c1-3-10-22(13-6-4-5-7-13)14-11-16-15(19(23)21-2)8-9-17(20)18(16)24-12-14;1-4-7-19(10(2)3)11-8-13-12(16(18)20)5-6-14(17)15(13)21-9-11/h8-9,13-14H,3-7,10-12H2,1-2H3,(H,21,23);5-6,10-11H,4,7-9H2,1-3H3,(H2,18,20)/t14-;11-/m11/s1. The number of benzene rings is 2. The Morgan fingerprint density at radius 3 is 1.93 bits per heavy atom. The van der Waals surface area contributed by atoms with Gasteiger partial charge >= 0.3 is 0 Å². The molecule has 248 valence electrons. The number of primary amides is 1. The number of carbonyl (C=O) groups excluding carboxylic acids is 2. The maximum absolute atomic E-state index is 14.1. The van der Waals surface area contributed by atoms with Gasteiger partial charge in [0.05, 0.1) is 0 Å². The first-order chi connectivity index (χ1) is 21.6. The Bertz CT molecular complexity index is 1330. The van der Waals surface area contributed by atoms with Crippen molar-refractivity contribution in [2.24, 2.45) is 5.73 Å². The van der Waals surface area contributed by atoms with E-state index in [1.807, 2.05) is 0 Å². The summed E-state index contributed by atoms with van der Waals surface area (Å²) >= 11 is 0. The summed E-state index contributed by atoms with van der Waals surface area (Å²) in [5.41, 5.74) is 7.59. The number of hydrogen-bond donors (Lipinski definition) is 2. The Morgan fingerprint density at radius 2 is 1.40 bits per heavy atom. The number of halogens is 2. The van der Waals surface area contributed by atoms with Crippen LogP contribution in [0.1, 0.15) is 98.1 Å². The van der Waals surface area contributed by atoms with Crippen LogP contribution in [0, 0.1) is 11.6 Å². The second kappa shape index (κ2) is 15.9. The number of hydrogen-bond acceptors (Lipinski definition) is 6. The van der Waals surface area contributed by atoms with E-state index in [1.165, 1.54) is 43.9 Å². The number of nitrogens with two attached hydrogens (primary N) is 1. The molecule has 8 nitrogen and oxygen atoms in total. The summed E-state index contributed by atoms with van der Waals surface area (Å²) in [6.07, 6.45) is 8.42. The molecule has 0 radical (unpaired) electrons. The van der Waals surface area contributed by atoms with Gasteiger partial charge in [0, 0.05) is 53.5 Å². The summed E-state index contributed by atoms with van der Waals surface area (Å²) in [4.78, 5) is 28.6. The van der Waals surface area contributed by atoms with Crippen LogP contribution in [0.5, 0.6) is 11.5 Å². The number of fused-ring (bicyclic) bond motifs is 2. The van der Waals surface area contributed by atoms with Crippen LogP contribution in [0.15, 0.2) is 24.3 Å². The van der Waals surface area contributed by atoms with Crippen LogP contribution in [0.2, 0.25) is 0 Å². The summed E-state index contributed by atoms with van der Waals surface area (Å²) in [6.45, 7) is 11.5. The van der Waals surface area contributed by atoms with Crippen molar-refractivity contribution in [2.75, 3.05) is 33.4 Å². The van der Waals surface area contributed by atoms with E-state index in [-0.39, 0.29) is 35.3 Å². The van der Waals surface area contributed by atoms with Crippen molar-refractivity contribution in [1.82, 2.24) is 15.1 Å². The molecule has 1 saturated carbocycles. The second-order valence-corrected chi connectivity index (χ2v) is 12.6. The minimum Gasteiger partial charge on any atom is -0.489 e. The van der Waals surface area contributed by atoms with E-state index < -0.39 is 11.7 Å². The fraction of sp³-hybridized carbons (Fsp3) is 0.600. The molecular weight excluding hydrogens is 578 g/mol. The maximum atomic E-state index is 14.1. The third-order valence-electron chi connectivity index (χ3n) is 9.24. The first-order valence-electron chi connectivity index (χ1n) is 16.5. The lowest BCUT2D eigenvalue weighted by atomic mass is 9.94. The van der Waals surface area contributed by atoms with Crippen molar-refractivity contribution in [3.63, 3.8) is 0 Å². The molecule has 1 aliphatic carbocycles. The molecule has 0 unspecified atom stereocenters. The Morgan fingerprint density at radius 1 is 0.867 bits per heavy atom. The molecule has 2 aliphatic heterocycles. The molecule has 0 bridgehead atoms. The Balaban J connectivity index is 0.000000207. The van der Waals surface area contributed by atoms with Gasteiger partial charge in [-0.3, -0.25) is 19.4 Å². The highest BCUT2D eigenvalue weighted by Gasteiger charge is 2.34. The largest absolute Gasteiger partial charge is 0.489 e. The number of nitrogens with one attached hydrogen (secondary N) is 1. The molecule has 0 spiro atoms. The summed E-state index contributed by atoms with van der Waals surface area (Å²) in [5, 5.41) is 2.64. The van der Waals surface area contributed by atoms with Crippen LogP contribution in [-0.2, 0) is 12.8 Å². The first-order valence-corrected chi connectivity index (χ1v) is 16.5. The normalized spacial score (nSPS) is 19.3. The lowest BCUT2D eigenvalue weighted by molar-refractivity contribution is 0.0781. The molecule has 45 heavy (non-hydrogen) atoms. The van der Waals surface area contributed by atoms with Gasteiger partial charge in [-0.05, 0) is 89.7 Å². The third-order valence-corrected chi connectivity index (χ3v) is 9.24. The van der Waals surface area contributed by atoms with E-state index in [2.05, 4.69) is 42.8 Å². The van der Waals surface area contributed by atoms with Gasteiger partial charge in [0.1, 0.15) is 13.2 Å². The quantitative estimate of drug-likeness (QED) is 0.361. The van der Waals surface area contributed by atoms with Crippen molar-refractivity contribution in [2.45, 2.75) is 103 Å². The number of rotatable bonds is 10. The van der Waals surface area contributed by atoms with E-state index in [0.29, 0.717) is 60.4 Å². The van der Waals surface area contributed by atoms with Crippen molar-refractivity contribution >= 4 is 11.8 Å². The summed E-state index contributed by atoms with van der Waals surface area (Å²) in [6, 6.07) is 6.89. The molecule has 1 fully saturated rings. The van der Waals surface area contributed by atoms with Crippen molar-refractivity contribution < 1.29 is 27.8 Å². The van der Waals surface area contributed by atoms with Crippen LogP contribution in [0.25, 0.3) is 0 Å². The average molecular weight is 629 g/mol. The van der Waals surface area contributed by atoms with E-state index in [1.54, 1.807) is 13.1 Å². The van der Waals surface area contributed by atoms with Gasteiger partial charge in [-0.25, -0.2) is 8.78 Å². The summed E-state index contributed by atoms with van der Waals surface area (Å²) < 4.78 is 39.4. The third kappa shape index (κ3) is 7.95. The summed E-state index contributed by atoms with van der Waals surface area (Å²) in [7, 11) is 1.60. The molecule has 5 rings (SSSR count). The Hall–Kier alpha value is -3.24. The fourth-order valence-corrected chi connectivity index (χ4v) is 7.15. The van der Waals surface area contributed by atoms with Gasteiger partial charge < -0.3 is 20.5 Å². The number of amides is 2. The van der Waals surface area contributed by atoms with Gasteiger partial charge in [0.2, 0.25) is 5.91 Å². The van der Waals surface area contributed by atoms with E-state index in [9.17, 15) is 18.4 Å². The molecule has 0 aromatic heterocycles.